The number of aliphatic imine (C=N–C) groups is 1. The first kappa shape index (κ1) is 15.3. The average molecular weight is 310 g/mol. The number of amidine groups is 1. The third kappa shape index (κ3) is 3.12. The lowest BCUT2D eigenvalue weighted by Gasteiger charge is -2.29. The van der Waals surface area contributed by atoms with Crippen LogP contribution >= 0.6 is 0 Å². The van der Waals surface area contributed by atoms with E-state index in [1.807, 2.05) is 41.8 Å². The first-order valence-electron chi connectivity index (χ1n) is 7.76. The second kappa shape index (κ2) is 6.66. The fraction of sp³-hybridized carbons (Fsp3) is 0.294. The van der Waals surface area contributed by atoms with E-state index in [0.29, 0.717) is 5.70 Å². The second-order valence-electron chi connectivity index (χ2n) is 5.48. The fourth-order valence-electron chi connectivity index (χ4n) is 2.87. The Morgan fingerprint density at radius 3 is 2.91 bits per heavy atom. The Balaban J connectivity index is 2.00. The lowest BCUT2D eigenvalue weighted by Crippen LogP contribution is -2.46. The molecule has 0 radical (unpaired) electrons. The highest BCUT2D eigenvalue weighted by Crippen LogP contribution is 2.17. The van der Waals surface area contributed by atoms with Crippen LogP contribution in [0.5, 0.6) is 0 Å². The molecule has 3 heterocycles. The van der Waals surface area contributed by atoms with Crippen molar-refractivity contribution in [1.29, 1.82) is 0 Å². The summed E-state index contributed by atoms with van der Waals surface area (Å²) >= 11 is 0. The van der Waals surface area contributed by atoms with E-state index >= 15 is 0 Å². The number of fused-ring (bicyclic) bond motifs is 1. The number of hydrogen-bond donors (Lipinski definition) is 2. The Hall–Kier alpha value is -2.60. The van der Waals surface area contributed by atoms with Gasteiger partial charge in [0.15, 0.2) is 0 Å². The van der Waals surface area contributed by atoms with Crippen molar-refractivity contribution in [2.45, 2.75) is 6.92 Å². The summed E-state index contributed by atoms with van der Waals surface area (Å²) in [6.45, 7) is 9.38. The van der Waals surface area contributed by atoms with Crippen LogP contribution in [0.25, 0.3) is 11.3 Å². The molecule has 6 nitrogen and oxygen atoms in total. The molecule has 2 aromatic rings. The lowest BCUT2D eigenvalue weighted by atomic mass is 10.2. The monoisotopic (exact) mass is 310 g/mol. The van der Waals surface area contributed by atoms with Crippen molar-refractivity contribution in [1.82, 2.24) is 19.6 Å². The van der Waals surface area contributed by atoms with Gasteiger partial charge in [-0.05, 0) is 19.1 Å². The number of aryl methyl sites for hydroxylation is 1. The molecule has 120 valence electrons. The van der Waals surface area contributed by atoms with Crippen LogP contribution in [-0.4, -0.2) is 46.3 Å². The van der Waals surface area contributed by atoms with Crippen molar-refractivity contribution in [3.63, 3.8) is 0 Å². The third-order valence-corrected chi connectivity index (χ3v) is 3.93. The van der Waals surface area contributed by atoms with Gasteiger partial charge in [0.1, 0.15) is 11.5 Å². The number of pyridine rings is 1. The van der Waals surface area contributed by atoms with Gasteiger partial charge < -0.3 is 16.0 Å². The molecule has 1 aliphatic heterocycles. The molecule has 0 amide bonds. The van der Waals surface area contributed by atoms with E-state index in [1.165, 1.54) is 0 Å². The molecule has 23 heavy (non-hydrogen) atoms. The SMILES string of the molecule is C=C/N=C(\C=C(/N)c1c(C)nc2ccccn12)N1CCNCC1. The van der Waals surface area contributed by atoms with Crippen LogP contribution in [0.4, 0.5) is 0 Å². The van der Waals surface area contributed by atoms with E-state index in [-0.39, 0.29) is 0 Å². The molecule has 0 aliphatic carbocycles. The largest absolute Gasteiger partial charge is 0.397 e. The summed E-state index contributed by atoms with van der Waals surface area (Å²) in [6.07, 6.45) is 5.44. The second-order valence-corrected chi connectivity index (χ2v) is 5.48. The van der Waals surface area contributed by atoms with Gasteiger partial charge in [0.25, 0.3) is 0 Å². The number of aromatic nitrogens is 2. The lowest BCUT2D eigenvalue weighted by molar-refractivity contribution is 0.359. The molecular weight excluding hydrogens is 288 g/mol. The van der Waals surface area contributed by atoms with Gasteiger partial charge in [-0.25, -0.2) is 9.98 Å². The van der Waals surface area contributed by atoms with Crippen LogP contribution in [0.2, 0.25) is 0 Å². The maximum Gasteiger partial charge on any atom is 0.137 e. The topological polar surface area (TPSA) is 70.9 Å². The number of imidazole rings is 1. The maximum atomic E-state index is 6.39. The zero-order valence-electron chi connectivity index (χ0n) is 13.4. The Bertz CT molecular complexity index is 764. The number of nitrogens with zero attached hydrogens (tertiary/aromatic N) is 4. The molecule has 1 aliphatic rings. The third-order valence-electron chi connectivity index (χ3n) is 3.93. The zero-order valence-corrected chi connectivity index (χ0v) is 13.4. The number of piperazine rings is 1. The highest BCUT2D eigenvalue weighted by molar-refractivity contribution is 5.99. The Morgan fingerprint density at radius 1 is 1.39 bits per heavy atom. The number of nitrogens with one attached hydrogen (secondary N) is 1. The summed E-state index contributed by atoms with van der Waals surface area (Å²) in [4.78, 5) is 11.2. The minimum absolute atomic E-state index is 0.653. The van der Waals surface area contributed by atoms with Crippen molar-refractivity contribution in [3.8, 4) is 0 Å². The van der Waals surface area contributed by atoms with E-state index in [4.69, 9.17) is 5.73 Å². The Kier molecular flexibility index (Phi) is 4.43. The molecular formula is C17H22N6. The normalized spacial score (nSPS) is 16.8. The highest BCUT2D eigenvalue weighted by atomic mass is 15.2. The van der Waals surface area contributed by atoms with Gasteiger partial charge in [0, 0.05) is 44.7 Å². The van der Waals surface area contributed by atoms with Crippen LogP contribution in [-0.2, 0) is 0 Å². The molecule has 3 rings (SSSR count). The van der Waals surface area contributed by atoms with Crippen molar-refractivity contribution in [2.24, 2.45) is 10.7 Å². The van der Waals surface area contributed by atoms with E-state index in [0.717, 1.165) is 49.0 Å². The molecule has 3 N–H and O–H groups in total. The van der Waals surface area contributed by atoms with Gasteiger partial charge in [-0.3, -0.25) is 4.40 Å². The zero-order chi connectivity index (χ0) is 16.2. The van der Waals surface area contributed by atoms with Gasteiger partial charge >= 0.3 is 0 Å². The molecule has 0 saturated carbocycles. The average Bonchev–Trinajstić information content (AvgIpc) is 2.91. The van der Waals surface area contributed by atoms with Crippen LogP contribution < -0.4 is 11.1 Å². The standard InChI is InChI=1S/C17H22N6/c1-3-20-16(22-10-7-19-8-11-22)12-14(18)17-13(2)21-15-6-4-5-9-23(15)17/h3-6,9,12,19H,1,7-8,10-11,18H2,2H3/b14-12-,20-16+. The Labute approximate surface area is 136 Å². The van der Waals surface area contributed by atoms with Crippen LogP contribution in [0.3, 0.4) is 0 Å². The molecule has 1 fully saturated rings. The molecule has 6 heteroatoms. The van der Waals surface area contributed by atoms with Gasteiger partial charge in [-0.1, -0.05) is 12.6 Å². The number of nitrogens with two attached hydrogens (primary N) is 1. The molecule has 0 bridgehead atoms. The van der Waals surface area contributed by atoms with Gasteiger partial charge in [-0.15, -0.1) is 0 Å². The van der Waals surface area contributed by atoms with Crippen molar-refractivity contribution in [3.05, 3.63) is 54.6 Å². The molecule has 0 aromatic carbocycles. The fourth-order valence-corrected chi connectivity index (χ4v) is 2.87. The Morgan fingerprint density at radius 2 is 2.17 bits per heavy atom. The molecule has 2 aromatic heterocycles. The molecule has 0 unspecified atom stereocenters. The first-order chi connectivity index (χ1) is 11.2. The maximum absolute atomic E-state index is 6.39. The smallest absolute Gasteiger partial charge is 0.137 e. The summed E-state index contributed by atoms with van der Waals surface area (Å²) < 4.78 is 2.00. The summed E-state index contributed by atoms with van der Waals surface area (Å²) in [7, 11) is 0. The number of rotatable bonds is 3. The van der Waals surface area contributed by atoms with Crippen molar-refractivity contribution < 1.29 is 0 Å². The van der Waals surface area contributed by atoms with Crippen molar-refractivity contribution >= 4 is 17.2 Å². The molecule has 1 saturated heterocycles. The molecule has 0 spiro atoms. The summed E-state index contributed by atoms with van der Waals surface area (Å²) in [5.41, 5.74) is 9.75. The summed E-state index contributed by atoms with van der Waals surface area (Å²) in [5.74, 6) is 0.837. The van der Waals surface area contributed by atoms with Crippen LogP contribution in [0, 0.1) is 6.92 Å². The summed E-state index contributed by atoms with van der Waals surface area (Å²) in [6, 6.07) is 5.91. The van der Waals surface area contributed by atoms with Gasteiger partial charge in [0.2, 0.25) is 0 Å². The predicted molar refractivity (Wildman–Crippen MR) is 94.2 cm³/mol. The number of hydrogen-bond acceptors (Lipinski definition) is 4. The van der Waals surface area contributed by atoms with E-state index in [2.05, 4.69) is 26.8 Å². The quantitative estimate of drug-likeness (QED) is 0.664. The van der Waals surface area contributed by atoms with Gasteiger partial charge in [0.05, 0.1) is 17.1 Å². The van der Waals surface area contributed by atoms with Gasteiger partial charge in [-0.2, -0.15) is 0 Å². The summed E-state index contributed by atoms with van der Waals surface area (Å²) in [5, 5.41) is 3.34. The highest BCUT2D eigenvalue weighted by Gasteiger charge is 2.15. The van der Waals surface area contributed by atoms with Crippen LogP contribution in [0.1, 0.15) is 11.4 Å². The van der Waals surface area contributed by atoms with E-state index in [1.54, 1.807) is 6.20 Å². The van der Waals surface area contributed by atoms with Crippen LogP contribution in [0.15, 0.2) is 48.2 Å². The minimum Gasteiger partial charge on any atom is -0.397 e. The van der Waals surface area contributed by atoms with Crippen molar-refractivity contribution in [2.75, 3.05) is 26.2 Å². The first-order valence-corrected chi connectivity index (χ1v) is 7.76. The molecule has 0 atom stereocenters. The minimum atomic E-state index is 0.653. The van der Waals surface area contributed by atoms with E-state index in [9.17, 15) is 0 Å². The predicted octanol–water partition coefficient (Wildman–Crippen LogP) is 1.39. The van der Waals surface area contributed by atoms with E-state index < -0.39 is 0 Å².